The molecule has 0 fully saturated rings. The van der Waals surface area contributed by atoms with Crippen molar-refractivity contribution in [2.24, 2.45) is 7.05 Å². The molecule has 4 rings (SSSR count). The van der Waals surface area contributed by atoms with Gasteiger partial charge in [0.2, 0.25) is 0 Å². The minimum Gasteiger partial charge on any atom is -0.308 e. The van der Waals surface area contributed by atoms with Gasteiger partial charge in [-0.25, -0.2) is 9.07 Å². The lowest BCUT2D eigenvalue weighted by Gasteiger charge is -2.05. The van der Waals surface area contributed by atoms with Crippen LogP contribution in [0.15, 0.2) is 60.9 Å². The summed E-state index contributed by atoms with van der Waals surface area (Å²) in [6.45, 7) is 5.43. The number of hydrogen-bond acceptors (Lipinski definition) is 3. The molecular weight excluding hydrogens is 365 g/mol. The maximum absolute atomic E-state index is 13.8. The first-order chi connectivity index (χ1) is 14.0. The molecule has 2 aromatic heterocycles. The van der Waals surface area contributed by atoms with Crippen LogP contribution in [0.2, 0.25) is 0 Å². The zero-order valence-corrected chi connectivity index (χ0v) is 16.9. The molecule has 0 aliphatic heterocycles. The zero-order valence-electron chi connectivity index (χ0n) is 16.9. The Morgan fingerprint density at radius 1 is 1.00 bits per heavy atom. The van der Waals surface area contributed by atoms with Crippen LogP contribution in [0.5, 0.6) is 0 Å². The molecule has 0 aliphatic rings. The Bertz CT molecular complexity index is 1140. The van der Waals surface area contributed by atoms with Crippen molar-refractivity contribution in [3.63, 3.8) is 0 Å². The van der Waals surface area contributed by atoms with Crippen molar-refractivity contribution in [3.8, 4) is 16.9 Å². The molecule has 5 nitrogen and oxygen atoms in total. The van der Waals surface area contributed by atoms with Gasteiger partial charge in [0.15, 0.2) is 0 Å². The molecule has 29 heavy (non-hydrogen) atoms. The standard InChI is InChI=1S/C23H24FN5/c1-16-6-4-9-22(10-16)29-15-20(13-25-12-19-14-26-28(3)17(19)2)23(27-29)18-7-5-8-21(24)11-18/h4-11,14-15,25H,12-13H2,1-3H3. The Balaban J connectivity index is 1.64. The molecule has 0 unspecified atom stereocenters. The highest BCUT2D eigenvalue weighted by Crippen LogP contribution is 2.25. The van der Waals surface area contributed by atoms with E-state index in [1.54, 1.807) is 6.07 Å². The predicted octanol–water partition coefficient (Wildman–Crippen LogP) is 4.32. The van der Waals surface area contributed by atoms with Crippen molar-refractivity contribution >= 4 is 0 Å². The van der Waals surface area contributed by atoms with Crippen molar-refractivity contribution in [1.82, 2.24) is 24.9 Å². The lowest BCUT2D eigenvalue weighted by molar-refractivity contribution is 0.628. The summed E-state index contributed by atoms with van der Waals surface area (Å²) >= 11 is 0. The topological polar surface area (TPSA) is 47.7 Å². The Morgan fingerprint density at radius 2 is 1.79 bits per heavy atom. The van der Waals surface area contributed by atoms with Crippen LogP contribution in [0.1, 0.15) is 22.4 Å². The van der Waals surface area contributed by atoms with Gasteiger partial charge in [-0.2, -0.15) is 10.2 Å². The van der Waals surface area contributed by atoms with Crippen molar-refractivity contribution in [3.05, 3.63) is 89.1 Å². The lowest BCUT2D eigenvalue weighted by Crippen LogP contribution is -2.13. The van der Waals surface area contributed by atoms with Gasteiger partial charge < -0.3 is 5.32 Å². The number of rotatable bonds is 6. The fourth-order valence-corrected chi connectivity index (χ4v) is 3.37. The van der Waals surface area contributed by atoms with E-state index < -0.39 is 0 Å². The third kappa shape index (κ3) is 4.12. The summed E-state index contributed by atoms with van der Waals surface area (Å²) in [6.07, 6.45) is 3.89. The van der Waals surface area contributed by atoms with Crippen molar-refractivity contribution < 1.29 is 4.39 Å². The average Bonchev–Trinajstić information content (AvgIpc) is 3.27. The van der Waals surface area contributed by atoms with Crippen LogP contribution in [0.25, 0.3) is 16.9 Å². The maximum atomic E-state index is 13.8. The Hall–Kier alpha value is -3.25. The quantitative estimate of drug-likeness (QED) is 0.534. The van der Waals surface area contributed by atoms with Gasteiger partial charge in [-0.3, -0.25) is 4.68 Å². The first-order valence-corrected chi connectivity index (χ1v) is 9.61. The number of halogens is 1. The number of benzene rings is 2. The Labute approximate surface area is 169 Å². The highest BCUT2D eigenvalue weighted by molar-refractivity contribution is 5.63. The van der Waals surface area contributed by atoms with E-state index in [0.29, 0.717) is 13.1 Å². The van der Waals surface area contributed by atoms with Gasteiger partial charge in [0, 0.05) is 48.7 Å². The van der Waals surface area contributed by atoms with Crippen LogP contribution in [-0.4, -0.2) is 19.6 Å². The van der Waals surface area contributed by atoms with Crippen LogP contribution >= 0.6 is 0 Å². The minimum atomic E-state index is -0.266. The molecule has 0 atom stereocenters. The van der Waals surface area contributed by atoms with Gasteiger partial charge in [0.1, 0.15) is 5.82 Å². The van der Waals surface area contributed by atoms with E-state index in [2.05, 4.69) is 36.4 Å². The third-order valence-electron chi connectivity index (χ3n) is 5.12. The lowest BCUT2D eigenvalue weighted by atomic mass is 10.1. The largest absolute Gasteiger partial charge is 0.308 e. The van der Waals surface area contributed by atoms with Gasteiger partial charge in [-0.1, -0.05) is 24.3 Å². The molecule has 0 radical (unpaired) electrons. The first-order valence-electron chi connectivity index (χ1n) is 9.61. The fourth-order valence-electron chi connectivity index (χ4n) is 3.37. The molecule has 1 N–H and O–H groups in total. The SMILES string of the molecule is Cc1cccc(-n2cc(CNCc3cnn(C)c3C)c(-c3cccc(F)c3)n2)c1. The minimum absolute atomic E-state index is 0.266. The second-order valence-electron chi connectivity index (χ2n) is 7.28. The molecule has 0 bridgehead atoms. The molecule has 0 aliphatic carbocycles. The number of nitrogens with one attached hydrogen (secondary N) is 1. The molecular formula is C23H24FN5. The number of aromatic nitrogens is 4. The van der Waals surface area contributed by atoms with Gasteiger partial charge in [-0.15, -0.1) is 0 Å². The second kappa shape index (κ2) is 8.01. The maximum Gasteiger partial charge on any atom is 0.123 e. The monoisotopic (exact) mass is 389 g/mol. The molecule has 148 valence electrons. The number of aryl methyl sites for hydroxylation is 2. The summed E-state index contributed by atoms with van der Waals surface area (Å²) < 4.78 is 17.6. The highest BCUT2D eigenvalue weighted by atomic mass is 19.1. The van der Waals surface area contributed by atoms with E-state index >= 15 is 0 Å². The van der Waals surface area contributed by atoms with Gasteiger partial charge >= 0.3 is 0 Å². The van der Waals surface area contributed by atoms with E-state index in [1.807, 2.05) is 47.0 Å². The van der Waals surface area contributed by atoms with E-state index in [1.165, 1.54) is 12.1 Å². The molecule has 6 heteroatoms. The molecule has 2 heterocycles. The molecule has 4 aromatic rings. The summed E-state index contributed by atoms with van der Waals surface area (Å²) in [4.78, 5) is 0. The average molecular weight is 389 g/mol. The molecule has 0 amide bonds. The zero-order chi connectivity index (χ0) is 20.4. The third-order valence-corrected chi connectivity index (χ3v) is 5.12. The van der Waals surface area contributed by atoms with Crippen molar-refractivity contribution in [2.75, 3.05) is 0 Å². The highest BCUT2D eigenvalue weighted by Gasteiger charge is 2.13. The van der Waals surface area contributed by atoms with Crippen molar-refractivity contribution in [1.29, 1.82) is 0 Å². The molecule has 0 spiro atoms. The summed E-state index contributed by atoms with van der Waals surface area (Å²) in [7, 11) is 1.94. The summed E-state index contributed by atoms with van der Waals surface area (Å²) in [6, 6.07) is 14.7. The van der Waals surface area contributed by atoms with E-state index in [0.717, 1.165) is 39.3 Å². The Kier molecular flexibility index (Phi) is 5.27. The summed E-state index contributed by atoms with van der Waals surface area (Å²) in [5, 5.41) is 12.5. The summed E-state index contributed by atoms with van der Waals surface area (Å²) in [5.41, 5.74) is 7.00. The molecule has 2 aromatic carbocycles. The van der Waals surface area contributed by atoms with Crippen LogP contribution in [-0.2, 0) is 20.1 Å². The van der Waals surface area contributed by atoms with E-state index in [-0.39, 0.29) is 5.82 Å². The van der Waals surface area contributed by atoms with Crippen LogP contribution in [0.3, 0.4) is 0 Å². The van der Waals surface area contributed by atoms with Gasteiger partial charge in [0.05, 0.1) is 17.6 Å². The van der Waals surface area contributed by atoms with Gasteiger partial charge in [0.25, 0.3) is 0 Å². The smallest absolute Gasteiger partial charge is 0.123 e. The van der Waals surface area contributed by atoms with E-state index in [4.69, 9.17) is 5.10 Å². The fraction of sp³-hybridized carbons (Fsp3) is 0.217. The molecule has 0 saturated heterocycles. The normalized spacial score (nSPS) is 11.2. The van der Waals surface area contributed by atoms with Crippen molar-refractivity contribution in [2.45, 2.75) is 26.9 Å². The van der Waals surface area contributed by atoms with Crippen LogP contribution in [0.4, 0.5) is 4.39 Å². The number of nitrogens with zero attached hydrogens (tertiary/aromatic N) is 4. The first kappa shape index (κ1) is 19.1. The number of hydrogen-bond donors (Lipinski definition) is 1. The van der Waals surface area contributed by atoms with Crippen LogP contribution in [0, 0.1) is 19.7 Å². The molecule has 0 saturated carbocycles. The van der Waals surface area contributed by atoms with Crippen LogP contribution < -0.4 is 5.32 Å². The predicted molar refractivity (Wildman–Crippen MR) is 112 cm³/mol. The second-order valence-corrected chi connectivity index (χ2v) is 7.28. The van der Waals surface area contributed by atoms with Gasteiger partial charge in [-0.05, 0) is 43.7 Å². The van der Waals surface area contributed by atoms with E-state index in [9.17, 15) is 4.39 Å². The Morgan fingerprint density at radius 3 is 2.52 bits per heavy atom. The summed E-state index contributed by atoms with van der Waals surface area (Å²) in [5.74, 6) is -0.266.